The van der Waals surface area contributed by atoms with E-state index in [1.807, 2.05) is 0 Å². The van der Waals surface area contributed by atoms with Crippen molar-refractivity contribution in [3.05, 3.63) is 35.1 Å². The Morgan fingerprint density at radius 1 is 0.941 bits per heavy atom. The molecule has 1 aromatic rings. The topological polar surface area (TPSA) is 12.0 Å². The summed E-state index contributed by atoms with van der Waals surface area (Å²) in [6.07, 6.45) is 3.51. The molecule has 0 saturated carbocycles. The van der Waals surface area contributed by atoms with Gasteiger partial charge in [-0.25, -0.2) is 13.2 Å². The summed E-state index contributed by atoms with van der Waals surface area (Å²) in [6, 6.07) is 2.54. The lowest BCUT2D eigenvalue weighted by Crippen LogP contribution is -2.37. The fourth-order valence-corrected chi connectivity index (χ4v) is 3.21. The van der Waals surface area contributed by atoms with Gasteiger partial charge in [-0.3, -0.25) is 0 Å². The molecule has 0 spiro atoms. The minimum Gasteiger partial charge on any atom is -0.311 e. The van der Waals surface area contributed by atoms with Crippen LogP contribution in [0.15, 0.2) is 12.1 Å². The lowest BCUT2D eigenvalue weighted by atomic mass is 9.85. The smallest absolute Gasteiger partial charge is 0.165 e. The molecule has 2 aliphatic heterocycles. The van der Waals surface area contributed by atoms with Crippen LogP contribution in [0.5, 0.6) is 0 Å². The molecule has 1 aromatic carbocycles. The molecule has 1 nitrogen and oxygen atoms in total. The second-order valence-corrected chi connectivity index (χ2v) is 5.06. The van der Waals surface area contributed by atoms with E-state index >= 15 is 0 Å². The summed E-state index contributed by atoms with van der Waals surface area (Å²) in [5, 5.41) is 3.40. The van der Waals surface area contributed by atoms with Crippen molar-refractivity contribution >= 4 is 0 Å². The van der Waals surface area contributed by atoms with Crippen LogP contribution in [0, 0.1) is 17.5 Å². The lowest BCUT2D eigenvalue weighted by molar-refractivity contribution is 0.343. The summed E-state index contributed by atoms with van der Waals surface area (Å²) in [7, 11) is 0. The molecule has 2 aliphatic rings. The number of fused-ring (bicyclic) bond motifs is 2. The first kappa shape index (κ1) is 11.1. The van der Waals surface area contributed by atoms with Gasteiger partial charge in [0, 0.05) is 17.6 Å². The highest BCUT2D eigenvalue weighted by Gasteiger charge is 2.36. The predicted octanol–water partition coefficient (Wildman–Crippen LogP) is 3.10. The van der Waals surface area contributed by atoms with Crippen LogP contribution in [0.3, 0.4) is 0 Å². The summed E-state index contributed by atoms with van der Waals surface area (Å²) in [5.41, 5.74) is -0.0524. The zero-order chi connectivity index (χ0) is 12.0. The van der Waals surface area contributed by atoms with E-state index < -0.39 is 17.5 Å². The van der Waals surface area contributed by atoms with Crippen LogP contribution in [0.2, 0.25) is 0 Å². The number of nitrogens with one attached hydrogen (secondary N) is 1. The van der Waals surface area contributed by atoms with Crippen LogP contribution in [-0.2, 0) is 0 Å². The van der Waals surface area contributed by atoms with Gasteiger partial charge in [0.1, 0.15) is 5.82 Å². The van der Waals surface area contributed by atoms with Crippen LogP contribution in [0.4, 0.5) is 13.2 Å². The van der Waals surface area contributed by atoms with E-state index in [-0.39, 0.29) is 11.5 Å². The highest BCUT2D eigenvalue weighted by atomic mass is 19.2. The summed E-state index contributed by atoms with van der Waals surface area (Å²) in [5.74, 6) is -2.76. The number of hydrogen-bond donors (Lipinski definition) is 1. The number of benzene rings is 1. The predicted molar refractivity (Wildman–Crippen MR) is 58.2 cm³/mol. The third-order valence-corrected chi connectivity index (χ3v) is 3.96. The normalized spacial score (nSPS) is 31.8. The van der Waals surface area contributed by atoms with Crippen LogP contribution < -0.4 is 5.32 Å². The average Bonchev–Trinajstić information content (AvgIpc) is 2.64. The Morgan fingerprint density at radius 3 is 2.18 bits per heavy atom. The molecule has 3 rings (SSSR count). The average molecular weight is 241 g/mol. The zero-order valence-electron chi connectivity index (χ0n) is 9.35. The molecule has 0 amide bonds. The Balaban J connectivity index is 1.96. The number of piperidine rings is 1. The SMILES string of the molecule is Fc1ccc(F)c(C2C[C@H]3CC[C@@H](C2)N3)c1F. The van der Waals surface area contributed by atoms with Gasteiger partial charge < -0.3 is 5.32 Å². The minimum atomic E-state index is -1.00. The van der Waals surface area contributed by atoms with E-state index in [0.29, 0.717) is 24.9 Å². The maximum Gasteiger partial charge on any atom is 0.165 e. The highest BCUT2D eigenvalue weighted by Crippen LogP contribution is 2.39. The fourth-order valence-electron chi connectivity index (χ4n) is 3.21. The molecule has 1 unspecified atom stereocenters. The van der Waals surface area contributed by atoms with Crippen molar-refractivity contribution in [3.63, 3.8) is 0 Å². The van der Waals surface area contributed by atoms with Crippen molar-refractivity contribution in [2.24, 2.45) is 0 Å². The van der Waals surface area contributed by atoms with Crippen molar-refractivity contribution in [1.82, 2.24) is 5.32 Å². The van der Waals surface area contributed by atoms with Crippen molar-refractivity contribution < 1.29 is 13.2 Å². The van der Waals surface area contributed by atoms with Crippen LogP contribution in [0.25, 0.3) is 0 Å². The largest absolute Gasteiger partial charge is 0.311 e. The Labute approximate surface area is 98.0 Å². The lowest BCUT2D eigenvalue weighted by Gasteiger charge is -2.29. The molecule has 92 valence electrons. The van der Waals surface area contributed by atoms with E-state index in [1.54, 1.807) is 0 Å². The van der Waals surface area contributed by atoms with E-state index in [2.05, 4.69) is 5.32 Å². The van der Waals surface area contributed by atoms with Gasteiger partial charge in [0.2, 0.25) is 0 Å². The first-order chi connectivity index (χ1) is 8.15. The molecule has 2 saturated heterocycles. The Kier molecular flexibility index (Phi) is 2.62. The van der Waals surface area contributed by atoms with Gasteiger partial charge in [0.05, 0.1) is 0 Å². The summed E-state index contributed by atoms with van der Waals surface area (Å²) < 4.78 is 40.5. The second kappa shape index (κ2) is 4.02. The molecule has 0 radical (unpaired) electrons. The second-order valence-electron chi connectivity index (χ2n) is 5.06. The van der Waals surface area contributed by atoms with E-state index in [9.17, 15) is 13.2 Å². The molecule has 2 bridgehead atoms. The Bertz CT molecular complexity index is 435. The van der Waals surface area contributed by atoms with Crippen molar-refractivity contribution in [3.8, 4) is 0 Å². The van der Waals surface area contributed by atoms with Crippen molar-refractivity contribution in [1.29, 1.82) is 0 Å². The van der Waals surface area contributed by atoms with Gasteiger partial charge in [0.15, 0.2) is 11.6 Å². The summed E-state index contributed by atoms with van der Waals surface area (Å²) >= 11 is 0. The van der Waals surface area contributed by atoms with Gasteiger partial charge >= 0.3 is 0 Å². The minimum absolute atomic E-state index is 0.0524. The van der Waals surface area contributed by atoms with Gasteiger partial charge in [-0.05, 0) is 43.7 Å². The molecule has 17 heavy (non-hydrogen) atoms. The Hall–Kier alpha value is -1.03. The summed E-state index contributed by atoms with van der Waals surface area (Å²) in [4.78, 5) is 0. The molecular weight excluding hydrogens is 227 g/mol. The molecule has 4 heteroatoms. The fraction of sp³-hybridized carbons (Fsp3) is 0.538. The number of halogens is 3. The molecule has 1 N–H and O–H groups in total. The van der Waals surface area contributed by atoms with Gasteiger partial charge in [-0.1, -0.05) is 0 Å². The molecule has 0 aliphatic carbocycles. The molecule has 2 heterocycles. The first-order valence-electron chi connectivity index (χ1n) is 6.04. The number of hydrogen-bond acceptors (Lipinski definition) is 1. The third-order valence-electron chi connectivity index (χ3n) is 3.96. The van der Waals surface area contributed by atoms with E-state index in [4.69, 9.17) is 0 Å². The molecule has 3 atom stereocenters. The third kappa shape index (κ3) is 1.84. The quantitative estimate of drug-likeness (QED) is 0.745. The zero-order valence-corrected chi connectivity index (χ0v) is 9.35. The maximum absolute atomic E-state index is 13.7. The standard InChI is InChI=1S/C13H14F3N/c14-10-3-4-11(15)13(16)12(10)7-5-8-1-2-9(6-7)17-8/h3-4,7-9,17H,1-2,5-6H2/t7?,8-,9+. The Morgan fingerprint density at radius 2 is 1.53 bits per heavy atom. The highest BCUT2D eigenvalue weighted by molar-refractivity contribution is 5.26. The molecule has 2 fully saturated rings. The van der Waals surface area contributed by atoms with Crippen LogP contribution in [0.1, 0.15) is 37.2 Å². The van der Waals surface area contributed by atoms with Crippen LogP contribution in [-0.4, -0.2) is 12.1 Å². The van der Waals surface area contributed by atoms with E-state index in [0.717, 1.165) is 25.0 Å². The molecular formula is C13H14F3N. The van der Waals surface area contributed by atoms with E-state index in [1.165, 1.54) is 0 Å². The maximum atomic E-state index is 13.7. The monoisotopic (exact) mass is 241 g/mol. The number of rotatable bonds is 1. The molecule has 0 aromatic heterocycles. The van der Waals surface area contributed by atoms with Gasteiger partial charge in [0.25, 0.3) is 0 Å². The van der Waals surface area contributed by atoms with Gasteiger partial charge in [-0.15, -0.1) is 0 Å². The van der Waals surface area contributed by atoms with Crippen molar-refractivity contribution in [2.45, 2.75) is 43.7 Å². The summed E-state index contributed by atoms with van der Waals surface area (Å²) in [6.45, 7) is 0. The first-order valence-corrected chi connectivity index (χ1v) is 6.04. The van der Waals surface area contributed by atoms with Crippen molar-refractivity contribution in [2.75, 3.05) is 0 Å². The van der Waals surface area contributed by atoms with Gasteiger partial charge in [-0.2, -0.15) is 0 Å². The van der Waals surface area contributed by atoms with Crippen LogP contribution >= 0.6 is 0 Å².